The van der Waals surface area contributed by atoms with Gasteiger partial charge in [-0.05, 0) is 13.8 Å². The molecule has 0 saturated heterocycles. The third-order valence-corrected chi connectivity index (χ3v) is 2.26. The molecule has 2 unspecified atom stereocenters. The highest BCUT2D eigenvalue weighted by atomic mass is 79.9. The van der Waals surface area contributed by atoms with Crippen LogP contribution in [0.15, 0.2) is 0 Å². The van der Waals surface area contributed by atoms with E-state index in [1.54, 1.807) is 21.0 Å². The summed E-state index contributed by atoms with van der Waals surface area (Å²) in [6, 6.07) is 0. The Balaban J connectivity index is 3.51. The lowest BCUT2D eigenvalue weighted by Gasteiger charge is -2.12. The summed E-state index contributed by atoms with van der Waals surface area (Å²) in [7, 11) is 1.56. The molecule has 0 aromatic rings. The molecule has 0 N–H and O–H groups in total. The van der Waals surface area contributed by atoms with Gasteiger partial charge < -0.3 is 14.2 Å². The van der Waals surface area contributed by atoms with Crippen LogP contribution in [0.3, 0.4) is 0 Å². The summed E-state index contributed by atoms with van der Waals surface area (Å²) in [6.07, 6.45) is -0.937. The quantitative estimate of drug-likeness (QED) is 0.556. The molecule has 0 bridgehead atoms. The third kappa shape index (κ3) is 6.83. The lowest BCUT2D eigenvalue weighted by Crippen LogP contribution is -2.21. The lowest BCUT2D eigenvalue weighted by atomic mass is 10.4. The number of hydrogen-bond donors (Lipinski definition) is 0. The predicted molar refractivity (Wildman–Crippen MR) is 52.2 cm³/mol. The van der Waals surface area contributed by atoms with E-state index in [0.717, 1.165) is 0 Å². The number of carbonyl (C=O) groups is 1. The van der Waals surface area contributed by atoms with Crippen LogP contribution in [0.4, 0.5) is 4.79 Å². The maximum absolute atomic E-state index is 10.9. The van der Waals surface area contributed by atoms with Crippen molar-refractivity contribution in [3.8, 4) is 0 Å². The zero-order valence-corrected chi connectivity index (χ0v) is 9.67. The molecule has 5 heteroatoms. The van der Waals surface area contributed by atoms with Crippen molar-refractivity contribution in [3.63, 3.8) is 0 Å². The fraction of sp³-hybridized carbons (Fsp3) is 0.875. The van der Waals surface area contributed by atoms with Crippen molar-refractivity contribution in [2.24, 2.45) is 0 Å². The zero-order valence-electron chi connectivity index (χ0n) is 8.08. The standard InChI is InChI=1S/C8H15BrO4/c1-6(4-9)13-8(10)12-5-7(2)11-3/h6-7H,4-5H2,1-3H3. The molecule has 0 heterocycles. The van der Waals surface area contributed by atoms with Gasteiger partial charge in [0, 0.05) is 12.4 Å². The van der Waals surface area contributed by atoms with E-state index in [1.807, 2.05) is 0 Å². The van der Waals surface area contributed by atoms with Crippen molar-refractivity contribution in [1.29, 1.82) is 0 Å². The molecular weight excluding hydrogens is 240 g/mol. The Morgan fingerprint density at radius 2 is 2.00 bits per heavy atom. The van der Waals surface area contributed by atoms with Crippen LogP contribution in [0, 0.1) is 0 Å². The highest BCUT2D eigenvalue weighted by Gasteiger charge is 2.10. The fourth-order valence-electron chi connectivity index (χ4n) is 0.483. The van der Waals surface area contributed by atoms with Crippen LogP contribution in [0.25, 0.3) is 0 Å². The normalized spacial score (nSPS) is 14.8. The summed E-state index contributed by atoms with van der Waals surface area (Å²) in [5, 5.41) is 0.599. The van der Waals surface area contributed by atoms with Gasteiger partial charge >= 0.3 is 6.16 Å². The zero-order chi connectivity index (χ0) is 10.3. The number of carbonyl (C=O) groups excluding carboxylic acids is 1. The van der Waals surface area contributed by atoms with Crippen molar-refractivity contribution in [2.75, 3.05) is 19.0 Å². The van der Waals surface area contributed by atoms with Gasteiger partial charge in [-0.2, -0.15) is 0 Å². The molecule has 0 aliphatic heterocycles. The number of rotatable bonds is 5. The highest BCUT2D eigenvalue weighted by Crippen LogP contribution is 1.99. The van der Waals surface area contributed by atoms with Gasteiger partial charge in [0.15, 0.2) is 0 Å². The molecule has 78 valence electrons. The van der Waals surface area contributed by atoms with Crippen molar-refractivity contribution < 1.29 is 19.0 Å². The van der Waals surface area contributed by atoms with Gasteiger partial charge in [-0.15, -0.1) is 0 Å². The van der Waals surface area contributed by atoms with Crippen LogP contribution in [0.5, 0.6) is 0 Å². The molecule has 0 saturated carbocycles. The summed E-state index contributed by atoms with van der Waals surface area (Å²) in [4.78, 5) is 10.9. The first-order valence-electron chi connectivity index (χ1n) is 4.02. The van der Waals surface area contributed by atoms with Crippen LogP contribution < -0.4 is 0 Å². The van der Waals surface area contributed by atoms with E-state index in [-0.39, 0.29) is 18.8 Å². The van der Waals surface area contributed by atoms with Crippen LogP contribution in [0.2, 0.25) is 0 Å². The number of alkyl halides is 1. The molecule has 0 rings (SSSR count). The van der Waals surface area contributed by atoms with Crippen molar-refractivity contribution in [2.45, 2.75) is 26.1 Å². The minimum Gasteiger partial charge on any atom is -0.432 e. The molecular formula is C8H15BrO4. The van der Waals surface area contributed by atoms with E-state index in [4.69, 9.17) is 14.2 Å². The summed E-state index contributed by atoms with van der Waals surface area (Å²) >= 11 is 3.18. The van der Waals surface area contributed by atoms with Crippen LogP contribution in [-0.4, -0.2) is 37.4 Å². The summed E-state index contributed by atoms with van der Waals surface area (Å²) in [6.45, 7) is 3.79. The molecule has 13 heavy (non-hydrogen) atoms. The minimum atomic E-state index is -0.657. The molecule has 0 spiro atoms. The number of ether oxygens (including phenoxy) is 3. The van der Waals surface area contributed by atoms with Gasteiger partial charge in [0.25, 0.3) is 0 Å². The molecule has 4 nitrogen and oxygen atoms in total. The first-order valence-corrected chi connectivity index (χ1v) is 5.14. The molecule has 0 fully saturated rings. The topological polar surface area (TPSA) is 44.8 Å². The Kier molecular flexibility index (Phi) is 6.99. The molecule has 0 radical (unpaired) electrons. The summed E-state index contributed by atoms with van der Waals surface area (Å²) in [5.41, 5.74) is 0. The first kappa shape index (κ1) is 12.7. The summed E-state index contributed by atoms with van der Waals surface area (Å²) < 4.78 is 14.5. The second-order valence-electron chi connectivity index (χ2n) is 2.69. The Bertz CT molecular complexity index is 151. The van der Waals surface area contributed by atoms with Crippen LogP contribution in [-0.2, 0) is 14.2 Å². The molecule has 0 aromatic heterocycles. The molecule has 0 aromatic carbocycles. The number of methoxy groups -OCH3 is 1. The van der Waals surface area contributed by atoms with Gasteiger partial charge in [0.2, 0.25) is 0 Å². The van der Waals surface area contributed by atoms with E-state index in [0.29, 0.717) is 5.33 Å². The van der Waals surface area contributed by atoms with Gasteiger partial charge in [-0.3, -0.25) is 0 Å². The Hall–Kier alpha value is -0.290. The smallest absolute Gasteiger partial charge is 0.432 e. The van der Waals surface area contributed by atoms with Crippen LogP contribution in [0.1, 0.15) is 13.8 Å². The van der Waals surface area contributed by atoms with Gasteiger partial charge in [0.1, 0.15) is 12.7 Å². The fourth-order valence-corrected chi connectivity index (χ4v) is 0.615. The Morgan fingerprint density at radius 3 is 2.46 bits per heavy atom. The monoisotopic (exact) mass is 254 g/mol. The third-order valence-electron chi connectivity index (χ3n) is 1.35. The summed E-state index contributed by atoms with van der Waals surface area (Å²) in [5.74, 6) is 0. The van der Waals surface area contributed by atoms with Crippen LogP contribution >= 0.6 is 15.9 Å². The highest BCUT2D eigenvalue weighted by molar-refractivity contribution is 9.09. The number of halogens is 1. The molecule has 2 atom stereocenters. The maximum Gasteiger partial charge on any atom is 0.508 e. The minimum absolute atomic E-state index is 0.105. The number of hydrogen-bond acceptors (Lipinski definition) is 4. The van der Waals surface area contributed by atoms with Gasteiger partial charge in [0.05, 0.1) is 6.10 Å². The molecule has 0 aliphatic rings. The second kappa shape index (κ2) is 7.15. The average molecular weight is 255 g/mol. The molecule has 0 amide bonds. The van der Waals surface area contributed by atoms with E-state index in [2.05, 4.69) is 15.9 Å². The molecule has 0 aliphatic carbocycles. The largest absolute Gasteiger partial charge is 0.508 e. The van der Waals surface area contributed by atoms with Crippen molar-refractivity contribution >= 4 is 22.1 Å². The Morgan fingerprint density at radius 1 is 1.38 bits per heavy atom. The second-order valence-corrected chi connectivity index (χ2v) is 3.34. The SMILES string of the molecule is COC(C)COC(=O)OC(C)CBr. The maximum atomic E-state index is 10.9. The van der Waals surface area contributed by atoms with Gasteiger partial charge in [-0.25, -0.2) is 4.79 Å². The van der Waals surface area contributed by atoms with Crippen molar-refractivity contribution in [3.05, 3.63) is 0 Å². The van der Waals surface area contributed by atoms with E-state index >= 15 is 0 Å². The average Bonchev–Trinajstić information content (AvgIpc) is 2.13. The Labute approximate surface area is 86.7 Å². The van der Waals surface area contributed by atoms with Gasteiger partial charge in [-0.1, -0.05) is 15.9 Å². The van der Waals surface area contributed by atoms with E-state index in [9.17, 15) is 4.79 Å². The van der Waals surface area contributed by atoms with E-state index in [1.165, 1.54) is 0 Å². The lowest BCUT2D eigenvalue weighted by molar-refractivity contribution is -0.00121. The predicted octanol–water partition coefficient (Wildman–Crippen LogP) is 1.96. The first-order chi connectivity index (χ1) is 6.10. The van der Waals surface area contributed by atoms with E-state index < -0.39 is 6.16 Å². The van der Waals surface area contributed by atoms with Crippen molar-refractivity contribution in [1.82, 2.24) is 0 Å².